The Bertz CT molecular complexity index is 408. The van der Waals surface area contributed by atoms with Crippen molar-refractivity contribution in [2.24, 2.45) is 0 Å². The van der Waals surface area contributed by atoms with Crippen LogP contribution in [0.1, 0.15) is 18.4 Å². The minimum Gasteiger partial charge on any atom is -0.382 e. The molecule has 1 unspecified atom stereocenters. The molecule has 16 heavy (non-hydrogen) atoms. The lowest BCUT2D eigenvalue weighted by Crippen LogP contribution is -2.18. The van der Waals surface area contributed by atoms with Gasteiger partial charge in [-0.25, -0.2) is 0 Å². The fraction of sp³-hybridized carbons (Fsp3) is 0.417. The number of halogens is 1. The molecule has 0 saturated carbocycles. The number of nitrogens with one attached hydrogen (secondary N) is 1. The predicted octanol–water partition coefficient (Wildman–Crippen LogP) is 2.80. The highest BCUT2D eigenvalue weighted by Crippen LogP contribution is 2.21. The van der Waals surface area contributed by atoms with Crippen molar-refractivity contribution in [2.45, 2.75) is 18.9 Å². The van der Waals surface area contributed by atoms with Crippen LogP contribution < -0.4 is 5.32 Å². The normalized spacial score (nSPS) is 19.4. The first kappa shape index (κ1) is 11.3. The van der Waals surface area contributed by atoms with E-state index in [2.05, 4.69) is 5.32 Å². The van der Waals surface area contributed by atoms with Crippen LogP contribution in [0.3, 0.4) is 0 Å². The van der Waals surface area contributed by atoms with Crippen LogP contribution in [0.15, 0.2) is 18.2 Å². The number of rotatable bonds is 3. The van der Waals surface area contributed by atoms with Crippen LogP contribution >= 0.6 is 11.6 Å². The molecule has 0 spiro atoms. The van der Waals surface area contributed by atoms with E-state index in [0.29, 0.717) is 16.7 Å². The Morgan fingerprint density at radius 2 is 2.44 bits per heavy atom. The average Bonchev–Trinajstić information content (AvgIpc) is 2.79. The first-order valence-electron chi connectivity index (χ1n) is 5.35. The Balaban J connectivity index is 1.94. The smallest absolute Gasteiger partial charge is 0.101 e. The second-order valence-electron chi connectivity index (χ2n) is 3.82. The number of hydrogen-bond donors (Lipinski definition) is 1. The van der Waals surface area contributed by atoms with Crippen LogP contribution in [0.4, 0.5) is 5.69 Å². The summed E-state index contributed by atoms with van der Waals surface area (Å²) in [4.78, 5) is 0. The molecule has 1 saturated heterocycles. The van der Waals surface area contributed by atoms with E-state index in [1.54, 1.807) is 12.1 Å². The van der Waals surface area contributed by atoms with Gasteiger partial charge in [-0.3, -0.25) is 0 Å². The van der Waals surface area contributed by atoms with Crippen molar-refractivity contribution in [1.82, 2.24) is 0 Å². The summed E-state index contributed by atoms with van der Waals surface area (Å²) >= 11 is 5.93. The number of anilines is 1. The Labute approximate surface area is 100.0 Å². The topological polar surface area (TPSA) is 45.0 Å². The quantitative estimate of drug-likeness (QED) is 0.878. The standard InChI is InChI=1S/C12H13ClN2O/c13-12-6-10(4-3-9(12)7-14)15-8-11-2-1-5-16-11/h3-4,6,11,15H,1-2,5,8H2. The van der Waals surface area contributed by atoms with Crippen molar-refractivity contribution in [2.75, 3.05) is 18.5 Å². The van der Waals surface area contributed by atoms with Gasteiger partial charge in [0.2, 0.25) is 0 Å². The maximum Gasteiger partial charge on any atom is 0.101 e. The highest BCUT2D eigenvalue weighted by Gasteiger charge is 2.14. The summed E-state index contributed by atoms with van der Waals surface area (Å²) in [5.41, 5.74) is 1.43. The second-order valence-corrected chi connectivity index (χ2v) is 4.23. The summed E-state index contributed by atoms with van der Waals surface area (Å²) in [7, 11) is 0. The first-order chi connectivity index (χ1) is 7.79. The molecule has 0 bridgehead atoms. The van der Waals surface area contributed by atoms with Crippen molar-refractivity contribution >= 4 is 17.3 Å². The molecule has 3 nitrogen and oxygen atoms in total. The molecular formula is C12H13ClN2O. The molecule has 84 valence electrons. The number of nitrogens with zero attached hydrogens (tertiary/aromatic N) is 1. The first-order valence-corrected chi connectivity index (χ1v) is 5.72. The van der Waals surface area contributed by atoms with Crippen molar-refractivity contribution in [1.29, 1.82) is 5.26 Å². The second kappa shape index (κ2) is 5.20. The van der Waals surface area contributed by atoms with E-state index in [1.165, 1.54) is 0 Å². The number of nitriles is 1. The lowest BCUT2D eigenvalue weighted by molar-refractivity contribution is 0.120. The van der Waals surface area contributed by atoms with Gasteiger partial charge in [0.15, 0.2) is 0 Å². The molecule has 0 aromatic heterocycles. The molecule has 1 aromatic carbocycles. The minimum absolute atomic E-state index is 0.300. The van der Waals surface area contributed by atoms with Gasteiger partial charge in [-0.2, -0.15) is 5.26 Å². The van der Waals surface area contributed by atoms with Gasteiger partial charge in [0.25, 0.3) is 0 Å². The molecule has 0 amide bonds. The van der Waals surface area contributed by atoms with E-state index in [1.807, 2.05) is 12.1 Å². The third-order valence-electron chi connectivity index (χ3n) is 2.65. The number of hydrogen-bond acceptors (Lipinski definition) is 3. The van der Waals surface area contributed by atoms with E-state index in [9.17, 15) is 0 Å². The molecule has 2 rings (SSSR count). The SMILES string of the molecule is N#Cc1ccc(NCC2CCCO2)cc1Cl. The zero-order valence-electron chi connectivity index (χ0n) is 8.87. The van der Waals surface area contributed by atoms with Crippen LogP contribution in [0, 0.1) is 11.3 Å². The molecule has 1 N–H and O–H groups in total. The van der Waals surface area contributed by atoms with E-state index in [0.717, 1.165) is 31.7 Å². The molecule has 1 atom stereocenters. The van der Waals surface area contributed by atoms with Crippen LogP contribution in [-0.2, 0) is 4.74 Å². The zero-order chi connectivity index (χ0) is 11.4. The van der Waals surface area contributed by atoms with Crippen LogP contribution in [0.25, 0.3) is 0 Å². The molecule has 0 radical (unpaired) electrons. The third-order valence-corrected chi connectivity index (χ3v) is 2.96. The average molecular weight is 237 g/mol. The summed E-state index contributed by atoms with van der Waals surface area (Å²) in [6.07, 6.45) is 2.55. The maximum atomic E-state index is 8.74. The molecule has 1 aliphatic rings. The maximum absolute atomic E-state index is 8.74. The molecule has 0 aliphatic carbocycles. The lowest BCUT2D eigenvalue weighted by Gasteiger charge is -2.12. The highest BCUT2D eigenvalue weighted by molar-refractivity contribution is 6.32. The Hall–Kier alpha value is -1.24. The molecule has 1 aromatic rings. The van der Waals surface area contributed by atoms with Gasteiger partial charge in [0.1, 0.15) is 6.07 Å². The number of benzene rings is 1. The van der Waals surface area contributed by atoms with Crippen LogP contribution in [0.2, 0.25) is 5.02 Å². The van der Waals surface area contributed by atoms with Crippen LogP contribution in [0.5, 0.6) is 0 Å². The summed E-state index contributed by atoms with van der Waals surface area (Å²) < 4.78 is 5.50. The van der Waals surface area contributed by atoms with Gasteiger partial charge in [-0.15, -0.1) is 0 Å². The van der Waals surface area contributed by atoms with Gasteiger partial charge in [-0.1, -0.05) is 11.6 Å². The van der Waals surface area contributed by atoms with Crippen molar-refractivity contribution in [3.05, 3.63) is 28.8 Å². The van der Waals surface area contributed by atoms with E-state index >= 15 is 0 Å². The molecule has 4 heteroatoms. The van der Waals surface area contributed by atoms with Gasteiger partial charge < -0.3 is 10.1 Å². The molecular weight excluding hydrogens is 224 g/mol. The van der Waals surface area contributed by atoms with Gasteiger partial charge in [-0.05, 0) is 31.0 Å². The van der Waals surface area contributed by atoms with Crippen LogP contribution in [-0.4, -0.2) is 19.3 Å². The summed E-state index contributed by atoms with van der Waals surface area (Å²) in [5, 5.41) is 12.5. The third kappa shape index (κ3) is 2.66. The van der Waals surface area contributed by atoms with Gasteiger partial charge >= 0.3 is 0 Å². The number of ether oxygens (including phenoxy) is 1. The Kier molecular flexibility index (Phi) is 3.66. The van der Waals surface area contributed by atoms with Gasteiger partial charge in [0, 0.05) is 18.8 Å². The van der Waals surface area contributed by atoms with Crippen molar-refractivity contribution in [3.8, 4) is 6.07 Å². The van der Waals surface area contributed by atoms with E-state index < -0.39 is 0 Å². The summed E-state index contributed by atoms with van der Waals surface area (Å²) in [6, 6.07) is 7.39. The minimum atomic E-state index is 0.300. The predicted molar refractivity (Wildman–Crippen MR) is 63.6 cm³/mol. The fourth-order valence-corrected chi connectivity index (χ4v) is 1.98. The van der Waals surface area contributed by atoms with E-state index in [4.69, 9.17) is 21.6 Å². The van der Waals surface area contributed by atoms with E-state index in [-0.39, 0.29) is 0 Å². The molecule has 1 heterocycles. The largest absolute Gasteiger partial charge is 0.382 e. The molecule has 1 aliphatic heterocycles. The van der Waals surface area contributed by atoms with Crippen molar-refractivity contribution in [3.63, 3.8) is 0 Å². The fourth-order valence-electron chi connectivity index (χ4n) is 1.75. The zero-order valence-corrected chi connectivity index (χ0v) is 9.63. The highest BCUT2D eigenvalue weighted by atomic mass is 35.5. The lowest BCUT2D eigenvalue weighted by atomic mass is 10.2. The monoisotopic (exact) mass is 236 g/mol. The van der Waals surface area contributed by atoms with Gasteiger partial charge in [0.05, 0.1) is 16.7 Å². The Morgan fingerprint density at radius 1 is 1.56 bits per heavy atom. The summed E-state index contributed by atoms with van der Waals surface area (Å²) in [6.45, 7) is 1.66. The Morgan fingerprint density at radius 3 is 3.06 bits per heavy atom. The van der Waals surface area contributed by atoms with Crippen molar-refractivity contribution < 1.29 is 4.74 Å². The summed E-state index contributed by atoms with van der Waals surface area (Å²) in [5.74, 6) is 0. The molecule has 1 fully saturated rings.